The molecule has 0 bridgehead atoms. The average Bonchev–Trinajstić information content (AvgIpc) is 3.04. The Hall–Kier alpha value is -1.88. The highest BCUT2D eigenvalue weighted by Crippen LogP contribution is 2.33. The molecule has 0 saturated carbocycles. The van der Waals surface area contributed by atoms with Crippen LogP contribution in [0.15, 0.2) is 28.8 Å². The zero-order valence-electron chi connectivity index (χ0n) is 11.1. The van der Waals surface area contributed by atoms with Gasteiger partial charge in [0.25, 0.3) is 0 Å². The molecule has 1 aromatic heterocycles. The first-order valence-electron chi connectivity index (χ1n) is 6.46. The normalized spacial score (nSPS) is 18.9. The van der Waals surface area contributed by atoms with Gasteiger partial charge in [-0.3, -0.25) is 0 Å². The van der Waals surface area contributed by atoms with E-state index in [4.69, 9.17) is 9.26 Å². The number of nitrogens with one attached hydrogen (secondary N) is 1. The number of ether oxygens (including phenoxy) is 1. The van der Waals surface area contributed by atoms with Crippen molar-refractivity contribution in [3.8, 4) is 0 Å². The van der Waals surface area contributed by atoms with Crippen molar-refractivity contribution >= 4 is 5.69 Å². The van der Waals surface area contributed by atoms with E-state index in [9.17, 15) is 0 Å². The lowest BCUT2D eigenvalue weighted by molar-refractivity contribution is 0.116. The van der Waals surface area contributed by atoms with Gasteiger partial charge in [0, 0.05) is 25.6 Å². The number of methoxy groups -OCH3 is 1. The van der Waals surface area contributed by atoms with Crippen molar-refractivity contribution in [3.05, 3.63) is 41.5 Å². The molecular weight excluding hydrogens is 242 g/mol. The van der Waals surface area contributed by atoms with Crippen molar-refractivity contribution in [2.45, 2.75) is 31.9 Å². The molecule has 2 aromatic rings. The number of hydrogen-bond acceptors (Lipinski definition) is 5. The van der Waals surface area contributed by atoms with Gasteiger partial charge in [-0.2, -0.15) is 4.98 Å². The molecule has 1 N–H and O–H groups in total. The lowest BCUT2D eigenvalue weighted by atomic mass is 10.1. The summed E-state index contributed by atoms with van der Waals surface area (Å²) >= 11 is 0. The molecule has 3 rings (SSSR count). The third kappa shape index (κ3) is 2.46. The van der Waals surface area contributed by atoms with Crippen LogP contribution in [0.3, 0.4) is 0 Å². The average molecular weight is 259 g/mol. The van der Waals surface area contributed by atoms with Crippen molar-refractivity contribution in [2.75, 3.05) is 12.4 Å². The van der Waals surface area contributed by atoms with E-state index in [1.54, 1.807) is 7.11 Å². The SMILES string of the molecule is COC(C)Cc1noc(C2Cc3ccccc3N2)n1. The number of fused-ring (bicyclic) bond motifs is 1. The van der Waals surface area contributed by atoms with E-state index in [1.807, 2.05) is 19.1 Å². The summed E-state index contributed by atoms with van der Waals surface area (Å²) in [4.78, 5) is 4.44. The van der Waals surface area contributed by atoms with Gasteiger partial charge in [-0.25, -0.2) is 0 Å². The molecule has 0 fully saturated rings. The summed E-state index contributed by atoms with van der Waals surface area (Å²) in [5.74, 6) is 1.34. The van der Waals surface area contributed by atoms with Crippen LogP contribution in [0.1, 0.15) is 30.2 Å². The molecule has 19 heavy (non-hydrogen) atoms. The second-order valence-corrected chi connectivity index (χ2v) is 4.86. The number of rotatable bonds is 4. The van der Waals surface area contributed by atoms with Crippen molar-refractivity contribution in [2.24, 2.45) is 0 Å². The number of hydrogen-bond donors (Lipinski definition) is 1. The first-order chi connectivity index (χ1) is 9.26. The van der Waals surface area contributed by atoms with Gasteiger partial charge in [-0.15, -0.1) is 0 Å². The Labute approximate surface area is 112 Å². The van der Waals surface area contributed by atoms with Crippen LogP contribution in [0.4, 0.5) is 5.69 Å². The van der Waals surface area contributed by atoms with E-state index >= 15 is 0 Å². The highest BCUT2D eigenvalue weighted by atomic mass is 16.5. The van der Waals surface area contributed by atoms with Gasteiger partial charge in [0.15, 0.2) is 5.82 Å². The van der Waals surface area contributed by atoms with Crippen LogP contribution in [-0.2, 0) is 17.6 Å². The molecule has 0 radical (unpaired) electrons. The summed E-state index contributed by atoms with van der Waals surface area (Å²) in [5.41, 5.74) is 2.44. The van der Waals surface area contributed by atoms with Crippen LogP contribution in [0.2, 0.25) is 0 Å². The Morgan fingerprint density at radius 2 is 2.32 bits per heavy atom. The number of anilines is 1. The van der Waals surface area contributed by atoms with E-state index < -0.39 is 0 Å². The molecule has 2 heterocycles. The Bertz CT molecular complexity index is 542. The Balaban J connectivity index is 1.72. The lowest BCUT2D eigenvalue weighted by Crippen LogP contribution is -2.10. The number of benzene rings is 1. The lowest BCUT2D eigenvalue weighted by Gasteiger charge is -2.05. The summed E-state index contributed by atoms with van der Waals surface area (Å²) in [6.45, 7) is 1.99. The van der Waals surface area contributed by atoms with Crippen LogP contribution in [0.5, 0.6) is 0 Å². The molecule has 0 spiro atoms. The molecule has 100 valence electrons. The first-order valence-corrected chi connectivity index (χ1v) is 6.46. The standard InChI is InChI=1S/C14H17N3O2/c1-9(18-2)7-13-16-14(19-17-13)12-8-10-5-3-4-6-11(10)15-12/h3-6,9,12,15H,7-8H2,1-2H3. The van der Waals surface area contributed by atoms with Gasteiger partial charge in [0.2, 0.25) is 5.89 Å². The predicted molar refractivity (Wildman–Crippen MR) is 71.0 cm³/mol. The number of nitrogens with zero attached hydrogens (tertiary/aromatic N) is 2. The van der Waals surface area contributed by atoms with Gasteiger partial charge >= 0.3 is 0 Å². The molecule has 5 heteroatoms. The topological polar surface area (TPSA) is 60.2 Å². The Kier molecular flexibility index (Phi) is 3.21. The summed E-state index contributed by atoms with van der Waals surface area (Å²) in [5, 5.41) is 7.41. The van der Waals surface area contributed by atoms with Gasteiger partial charge in [-0.1, -0.05) is 23.4 Å². The second kappa shape index (κ2) is 5.01. The molecule has 2 unspecified atom stereocenters. The summed E-state index contributed by atoms with van der Waals surface area (Å²) in [7, 11) is 1.68. The third-order valence-electron chi connectivity index (χ3n) is 3.43. The van der Waals surface area contributed by atoms with Crippen LogP contribution in [0, 0.1) is 0 Å². The summed E-state index contributed by atoms with van der Waals surface area (Å²) in [6.07, 6.45) is 1.65. The summed E-state index contributed by atoms with van der Waals surface area (Å²) in [6, 6.07) is 8.33. The van der Waals surface area contributed by atoms with Gasteiger partial charge in [-0.05, 0) is 18.6 Å². The highest BCUT2D eigenvalue weighted by Gasteiger charge is 2.26. The van der Waals surface area contributed by atoms with Crippen molar-refractivity contribution in [3.63, 3.8) is 0 Å². The first kappa shape index (κ1) is 12.2. The van der Waals surface area contributed by atoms with Crippen molar-refractivity contribution in [1.82, 2.24) is 10.1 Å². The van der Waals surface area contributed by atoms with E-state index in [0.717, 1.165) is 12.1 Å². The smallest absolute Gasteiger partial charge is 0.249 e. The third-order valence-corrected chi connectivity index (χ3v) is 3.43. The fourth-order valence-corrected chi connectivity index (χ4v) is 2.28. The van der Waals surface area contributed by atoms with Crippen LogP contribution in [-0.4, -0.2) is 23.4 Å². The predicted octanol–water partition coefficient (Wildman–Crippen LogP) is 2.36. The molecule has 1 aliphatic rings. The Morgan fingerprint density at radius 3 is 3.11 bits per heavy atom. The van der Waals surface area contributed by atoms with Gasteiger partial charge in [0.05, 0.1) is 6.10 Å². The Morgan fingerprint density at radius 1 is 1.47 bits per heavy atom. The van der Waals surface area contributed by atoms with Crippen molar-refractivity contribution < 1.29 is 9.26 Å². The van der Waals surface area contributed by atoms with Crippen LogP contribution < -0.4 is 5.32 Å². The number of aromatic nitrogens is 2. The molecule has 0 aliphatic carbocycles. The van der Waals surface area contributed by atoms with Crippen LogP contribution >= 0.6 is 0 Å². The monoisotopic (exact) mass is 259 g/mol. The minimum Gasteiger partial charge on any atom is -0.381 e. The van der Waals surface area contributed by atoms with Crippen LogP contribution in [0.25, 0.3) is 0 Å². The van der Waals surface area contributed by atoms with Gasteiger partial charge < -0.3 is 14.6 Å². The maximum atomic E-state index is 5.35. The molecule has 0 amide bonds. The molecular formula is C14H17N3O2. The van der Waals surface area contributed by atoms with E-state index in [1.165, 1.54) is 5.56 Å². The van der Waals surface area contributed by atoms with Gasteiger partial charge in [0.1, 0.15) is 6.04 Å². The highest BCUT2D eigenvalue weighted by molar-refractivity contribution is 5.56. The zero-order chi connectivity index (χ0) is 13.2. The fraction of sp³-hybridized carbons (Fsp3) is 0.429. The minimum absolute atomic E-state index is 0.0801. The summed E-state index contributed by atoms with van der Waals surface area (Å²) < 4.78 is 10.5. The molecule has 2 atom stereocenters. The van der Waals surface area contributed by atoms with E-state index in [-0.39, 0.29) is 12.1 Å². The molecule has 5 nitrogen and oxygen atoms in total. The quantitative estimate of drug-likeness (QED) is 0.913. The fourth-order valence-electron chi connectivity index (χ4n) is 2.28. The van der Waals surface area contributed by atoms with E-state index in [2.05, 4.69) is 27.6 Å². The largest absolute Gasteiger partial charge is 0.381 e. The zero-order valence-corrected chi connectivity index (χ0v) is 11.1. The van der Waals surface area contributed by atoms with Crippen molar-refractivity contribution in [1.29, 1.82) is 0 Å². The maximum Gasteiger partial charge on any atom is 0.249 e. The second-order valence-electron chi connectivity index (χ2n) is 4.86. The molecule has 1 aliphatic heterocycles. The maximum absolute atomic E-state index is 5.35. The van der Waals surface area contributed by atoms with E-state index in [0.29, 0.717) is 18.1 Å². The minimum atomic E-state index is 0.0801. The molecule has 1 aromatic carbocycles. The molecule has 0 saturated heterocycles. The number of para-hydroxylation sites is 1.